The highest BCUT2D eigenvalue weighted by molar-refractivity contribution is 7.89. The zero-order valence-electron chi connectivity index (χ0n) is 22.0. The Hall–Kier alpha value is -4.57. The molecule has 220 valence electrons. The van der Waals surface area contributed by atoms with Gasteiger partial charge in [0.15, 0.2) is 0 Å². The summed E-state index contributed by atoms with van der Waals surface area (Å²) < 4.78 is 79.9. The molecule has 0 fully saturated rings. The lowest BCUT2D eigenvalue weighted by Gasteiger charge is -2.14. The average Bonchev–Trinajstić information content (AvgIpc) is 3.50. The fourth-order valence-corrected chi connectivity index (χ4v) is 5.82. The number of benzene rings is 2. The van der Waals surface area contributed by atoms with Gasteiger partial charge in [-0.3, -0.25) is 9.59 Å². The second-order valence-electron chi connectivity index (χ2n) is 9.21. The van der Waals surface area contributed by atoms with Crippen LogP contribution in [-0.4, -0.2) is 48.9 Å². The average molecular weight is 623 g/mol. The molecule has 0 saturated carbocycles. The molecule has 0 radical (unpaired) electrons. The van der Waals surface area contributed by atoms with Crippen LogP contribution in [0.2, 0.25) is 0 Å². The number of nitrogens with one attached hydrogen (secondary N) is 2. The van der Waals surface area contributed by atoms with Gasteiger partial charge in [-0.05, 0) is 35.9 Å². The molecule has 11 nitrogen and oxygen atoms in total. The van der Waals surface area contributed by atoms with Crippen LogP contribution in [0, 0.1) is 0 Å². The summed E-state index contributed by atoms with van der Waals surface area (Å²) >= 11 is 1.10. The molecular weight excluding hydrogens is 601 g/mol. The number of alkyl halides is 3. The number of sulfonamides is 1. The maximum atomic E-state index is 13.8. The molecule has 3 heterocycles. The molecule has 16 heteroatoms. The first-order chi connectivity index (χ1) is 19.7. The van der Waals surface area contributed by atoms with Gasteiger partial charge in [0.25, 0.3) is 11.5 Å². The number of carbonyl (C=O) groups is 1. The first-order valence-corrected chi connectivity index (χ1v) is 14.7. The summed E-state index contributed by atoms with van der Waals surface area (Å²) in [6.07, 6.45) is -4.11. The predicted molar refractivity (Wildman–Crippen MR) is 149 cm³/mol. The molecule has 0 saturated heterocycles. The number of aromatic nitrogens is 3. The molecule has 5 aromatic rings. The number of nitrogens with zero attached hydrogens (tertiary/aromatic N) is 2. The number of fused-ring (bicyclic) bond motifs is 2. The number of H-pyrrole nitrogens is 1. The normalized spacial score (nSPS) is 12.1. The van der Waals surface area contributed by atoms with E-state index in [1.54, 1.807) is 18.2 Å². The van der Waals surface area contributed by atoms with E-state index in [1.165, 1.54) is 29.5 Å². The fraction of sp³-hybridized carbons (Fsp3) is 0.192. The number of halogens is 3. The van der Waals surface area contributed by atoms with E-state index in [0.29, 0.717) is 34.0 Å². The van der Waals surface area contributed by atoms with E-state index in [4.69, 9.17) is 9.47 Å². The largest absolute Gasteiger partial charge is 0.497 e. The Morgan fingerprint density at radius 1 is 1.02 bits per heavy atom. The number of ether oxygens (including phenoxy) is 2. The highest BCUT2D eigenvalue weighted by Crippen LogP contribution is 2.36. The van der Waals surface area contributed by atoms with Crippen LogP contribution in [0.25, 0.3) is 27.5 Å². The molecule has 3 aromatic heterocycles. The molecular formula is C26H21F3N4O7S2. The first-order valence-electron chi connectivity index (χ1n) is 11.9. The van der Waals surface area contributed by atoms with E-state index >= 15 is 0 Å². The second kappa shape index (κ2) is 10.4. The van der Waals surface area contributed by atoms with Gasteiger partial charge >= 0.3 is 11.9 Å². The third-order valence-corrected chi connectivity index (χ3v) is 7.67. The third kappa shape index (κ3) is 5.25. The van der Waals surface area contributed by atoms with Gasteiger partial charge in [-0.15, -0.1) is 11.3 Å². The number of carbonyl (C=O) groups excluding carboxylic acids is 1. The minimum Gasteiger partial charge on any atom is -0.497 e. The van der Waals surface area contributed by atoms with E-state index in [1.807, 2.05) is 4.72 Å². The Bertz CT molecular complexity index is 2090. The fourth-order valence-electron chi connectivity index (χ4n) is 4.64. The van der Waals surface area contributed by atoms with Crippen LogP contribution in [0.3, 0.4) is 0 Å². The van der Waals surface area contributed by atoms with Crippen LogP contribution >= 0.6 is 11.3 Å². The zero-order valence-corrected chi connectivity index (χ0v) is 23.7. The van der Waals surface area contributed by atoms with Crippen molar-refractivity contribution in [1.29, 1.82) is 0 Å². The molecule has 0 unspecified atom stereocenters. The molecule has 0 spiro atoms. The van der Waals surface area contributed by atoms with Gasteiger partial charge in [0, 0.05) is 28.8 Å². The van der Waals surface area contributed by atoms with Crippen molar-refractivity contribution in [3.8, 4) is 17.2 Å². The van der Waals surface area contributed by atoms with Gasteiger partial charge in [-0.25, -0.2) is 22.5 Å². The van der Waals surface area contributed by atoms with Gasteiger partial charge < -0.3 is 19.0 Å². The minimum atomic E-state index is -4.82. The maximum Gasteiger partial charge on any atom is 0.416 e. The second-order valence-corrected chi connectivity index (χ2v) is 11.7. The molecule has 42 heavy (non-hydrogen) atoms. The lowest BCUT2D eigenvalue weighted by Crippen LogP contribution is -2.37. The molecule has 2 aromatic carbocycles. The van der Waals surface area contributed by atoms with Crippen molar-refractivity contribution in [3.63, 3.8) is 0 Å². The quantitative estimate of drug-likeness (QED) is 0.283. The van der Waals surface area contributed by atoms with Crippen molar-refractivity contribution < 1.29 is 35.9 Å². The number of thiophene rings is 1. The Balaban J connectivity index is 1.94. The van der Waals surface area contributed by atoms with Crippen molar-refractivity contribution in [2.45, 2.75) is 12.7 Å². The van der Waals surface area contributed by atoms with Crippen LogP contribution < -0.4 is 25.4 Å². The van der Waals surface area contributed by atoms with E-state index in [2.05, 4.69) is 4.98 Å². The van der Waals surface area contributed by atoms with Gasteiger partial charge in [-0.2, -0.15) is 13.2 Å². The van der Waals surface area contributed by atoms with Crippen molar-refractivity contribution in [2.24, 2.45) is 0 Å². The van der Waals surface area contributed by atoms with Crippen molar-refractivity contribution in [1.82, 2.24) is 18.8 Å². The molecule has 0 aliphatic rings. The lowest BCUT2D eigenvalue weighted by atomic mass is 10.1. The summed E-state index contributed by atoms with van der Waals surface area (Å²) in [6, 6.07) is 7.29. The Morgan fingerprint density at radius 3 is 2.29 bits per heavy atom. The summed E-state index contributed by atoms with van der Waals surface area (Å²) in [5.41, 5.74) is -3.50. The van der Waals surface area contributed by atoms with Crippen LogP contribution in [0.5, 0.6) is 11.5 Å². The first kappa shape index (κ1) is 28.9. The molecule has 0 aliphatic heterocycles. The Kier molecular flexibility index (Phi) is 7.14. The van der Waals surface area contributed by atoms with Gasteiger partial charge in [0.05, 0.1) is 48.1 Å². The monoisotopic (exact) mass is 622 g/mol. The highest BCUT2D eigenvalue weighted by atomic mass is 32.2. The molecule has 1 amide bonds. The van der Waals surface area contributed by atoms with E-state index in [0.717, 1.165) is 23.5 Å². The summed E-state index contributed by atoms with van der Waals surface area (Å²) in [6.45, 7) is -0.227. The van der Waals surface area contributed by atoms with Crippen LogP contribution in [0.4, 0.5) is 13.2 Å². The number of rotatable bonds is 7. The van der Waals surface area contributed by atoms with Crippen LogP contribution in [0.1, 0.15) is 21.6 Å². The molecule has 0 atom stereocenters. The summed E-state index contributed by atoms with van der Waals surface area (Å²) in [4.78, 5) is 42.9. The smallest absolute Gasteiger partial charge is 0.416 e. The molecule has 5 rings (SSSR count). The van der Waals surface area contributed by atoms with Crippen LogP contribution in [0.15, 0.2) is 56.7 Å². The number of hydrogen-bond acceptors (Lipinski definition) is 8. The Morgan fingerprint density at radius 2 is 1.69 bits per heavy atom. The summed E-state index contributed by atoms with van der Waals surface area (Å²) in [5.74, 6) is -0.556. The molecule has 2 N–H and O–H groups in total. The van der Waals surface area contributed by atoms with E-state index < -0.39 is 50.3 Å². The van der Waals surface area contributed by atoms with E-state index in [9.17, 15) is 36.0 Å². The van der Waals surface area contributed by atoms with Gasteiger partial charge in [-0.1, -0.05) is 0 Å². The lowest BCUT2D eigenvalue weighted by molar-refractivity contribution is -0.137. The van der Waals surface area contributed by atoms with Gasteiger partial charge in [0.2, 0.25) is 10.0 Å². The Labute approximate surface area is 238 Å². The summed E-state index contributed by atoms with van der Waals surface area (Å²) in [7, 11) is -1.39. The molecule has 0 aliphatic carbocycles. The summed E-state index contributed by atoms with van der Waals surface area (Å²) in [5, 5.41) is 2.68. The predicted octanol–water partition coefficient (Wildman–Crippen LogP) is 3.47. The number of hydrogen-bond donors (Lipinski definition) is 2. The zero-order chi connectivity index (χ0) is 30.6. The minimum absolute atomic E-state index is 0.00940. The van der Waals surface area contributed by atoms with Crippen molar-refractivity contribution in [2.75, 3.05) is 20.5 Å². The topological polar surface area (TPSA) is 141 Å². The van der Waals surface area contributed by atoms with Crippen LogP contribution in [-0.2, 0) is 22.7 Å². The number of amides is 1. The van der Waals surface area contributed by atoms with Crippen molar-refractivity contribution in [3.05, 3.63) is 84.8 Å². The maximum absolute atomic E-state index is 13.8. The number of methoxy groups -OCH3 is 2. The van der Waals surface area contributed by atoms with Gasteiger partial charge in [0.1, 0.15) is 17.2 Å². The SMILES string of the molecule is COc1cc(Cn2c(C(=O)NS(C)(=O)=O)c(-n3c(=O)[nH]c4cscc4c3=O)c3cc(C(F)(F)F)ccc32)cc(OC)c1. The van der Waals surface area contributed by atoms with E-state index in [-0.39, 0.29) is 28.4 Å². The third-order valence-electron chi connectivity index (χ3n) is 6.37. The molecule has 0 bridgehead atoms. The van der Waals surface area contributed by atoms with Crippen molar-refractivity contribution >= 4 is 49.1 Å². The standard InChI is InChI=1S/C26H21F3N4O7S2/c1-39-15-6-13(7-16(9-15)40-2)10-32-20-5-4-14(26(27,28)29)8-17(20)21(22(32)23(34)31-42(3,37)38)33-24(35)18-11-41-12-19(18)30-25(33)36/h4-9,11-12H,10H2,1-3H3,(H,30,36)(H,31,34). The highest BCUT2D eigenvalue weighted by Gasteiger charge is 2.34. The number of aromatic amines is 1.